The number of benzene rings is 2. The molecule has 1 heterocycles. The van der Waals surface area contributed by atoms with Gasteiger partial charge in [-0.05, 0) is 37.4 Å². The van der Waals surface area contributed by atoms with Crippen molar-refractivity contribution in [3.8, 4) is 0 Å². The number of carbonyl (C=O) groups excluding carboxylic acids is 1. The largest absolute Gasteiger partial charge is 0.342 e. The highest BCUT2D eigenvalue weighted by Gasteiger charge is 2.40. The van der Waals surface area contributed by atoms with E-state index in [1.807, 2.05) is 43.0 Å². The summed E-state index contributed by atoms with van der Waals surface area (Å²) in [5, 5.41) is 0. The van der Waals surface area contributed by atoms with Crippen LogP contribution >= 0.6 is 0 Å². The Morgan fingerprint density at radius 3 is 2.19 bits per heavy atom. The Kier molecular flexibility index (Phi) is 6.64. The average molecular weight is 366 g/mol. The summed E-state index contributed by atoms with van der Waals surface area (Å²) in [6, 6.07) is 20.5. The van der Waals surface area contributed by atoms with Crippen LogP contribution in [0.1, 0.15) is 36.9 Å². The van der Waals surface area contributed by atoms with Gasteiger partial charge in [0.25, 0.3) is 0 Å². The van der Waals surface area contributed by atoms with Crippen molar-refractivity contribution < 1.29 is 4.79 Å². The van der Waals surface area contributed by atoms with E-state index in [4.69, 9.17) is 5.73 Å². The molecule has 0 saturated carbocycles. The fourth-order valence-corrected chi connectivity index (χ4v) is 4.29. The quantitative estimate of drug-likeness (QED) is 0.819. The van der Waals surface area contributed by atoms with Gasteiger partial charge < -0.3 is 10.6 Å². The predicted octanol–water partition coefficient (Wildman–Crippen LogP) is 3.27. The van der Waals surface area contributed by atoms with Gasteiger partial charge in [0.2, 0.25) is 5.91 Å². The van der Waals surface area contributed by atoms with E-state index in [-0.39, 0.29) is 11.9 Å². The van der Waals surface area contributed by atoms with E-state index in [0.717, 1.165) is 31.7 Å². The molecule has 0 spiro atoms. The second-order valence-electron chi connectivity index (χ2n) is 7.29. The summed E-state index contributed by atoms with van der Waals surface area (Å²) in [5.41, 5.74) is 8.51. The standard InChI is InChI=1S/C23H31N3O/c1-3-25(4-2)23(27)22(19-13-9-6-10-14-19)26-16-20(15-24)21(17-26)18-11-7-5-8-12-18/h5-14,20-22H,3-4,15-17,24H2,1-2H3/t20-,21+,22?/m1/s1. The van der Waals surface area contributed by atoms with E-state index >= 15 is 0 Å². The van der Waals surface area contributed by atoms with Gasteiger partial charge in [0.1, 0.15) is 6.04 Å². The number of amides is 1. The minimum Gasteiger partial charge on any atom is -0.342 e. The van der Waals surface area contributed by atoms with Crippen LogP contribution in [0.25, 0.3) is 0 Å². The molecule has 1 aliphatic heterocycles. The van der Waals surface area contributed by atoms with E-state index in [1.54, 1.807) is 0 Å². The number of nitrogens with zero attached hydrogens (tertiary/aromatic N) is 2. The van der Waals surface area contributed by atoms with Crippen LogP contribution in [0.5, 0.6) is 0 Å². The van der Waals surface area contributed by atoms with Crippen LogP contribution < -0.4 is 5.73 Å². The van der Waals surface area contributed by atoms with Gasteiger partial charge in [-0.1, -0.05) is 60.7 Å². The second-order valence-corrected chi connectivity index (χ2v) is 7.29. The molecule has 4 nitrogen and oxygen atoms in total. The zero-order valence-electron chi connectivity index (χ0n) is 16.4. The molecule has 3 atom stereocenters. The molecular formula is C23H31N3O. The first-order valence-electron chi connectivity index (χ1n) is 10.0. The molecule has 2 aromatic carbocycles. The summed E-state index contributed by atoms with van der Waals surface area (Å²) < 4.78 is 0. The number of likely N-dealkylation sites (tertiary alicyclic amines) is 1. The summed E-state index contributed by atoms with van der Waals surface area (Å²) in [6.07, 6.45) is 0. The Hall–Kier alpha value is -2.17. The van der Waals surface area contributed by atoms with E-state index in [2.05, 4.69) is 41.3 Å². The normalized spacial score (nSPS) is 21.1. The van der Waals surface area contributed by atoms with Crippen molar-refractivity contribution in [1.29, 1.82) is 0 Å². The predicted molar refractivity (Wildman–Crippen MR) is 110 cm³/mol. The minimum absolute atomic E-state index is 0.190. The number of hydrogen-bond acceptors (Lipinski definition) is 3. The molecule has 144 valence electrons. The van der Waals surface area contributed by atoms with Gasteiger partial charge in [0.05, 0.1) is 0 Å². The highest BCUT2D eigenvalue weighted by atomic mass is 16.2. The van der Waals surface area contributed by atoms with E-state index < -0.39 is 0 Å². The van der Waals surface area contributed by atoms with Crippen LogP contribution in [0.4, 0.5) is 0 Å². The molecular weight excluding hydrogens is 334 g/mol. The zero-order valence-corrected chi connectivity index (χ0v) is 16.4. The third kappa shape index (κ3) is 4.23. The fourth-order valence-electron chi connectivity index (χ4n) is 4.29. The number of hydrogen-bond donors (Lipinski definition) is 1. The van der Waals surface area contributed by atoms with E-state index in [1.165, 1.54) is 5.56 Å². The van der Waals surface area contributed by atoms with E-state index in [0.29, 0.717) is 18.4 Å². The van der Waals surface area contributed by atoms with Crippen molar-refractivity contribution in [1.82, 2.24) is 9.80 Å². The summed E-state index contributed by atoms with van der Waals surface area (Å²) in [4.78, 5) is 17.7. The van der Waals surface area contributed by atoms with Crippen molar-refractivity contribution in [2.24, 2.45) is 11.7 Å². The van der Waals surface area contributed by atoms with Gasteiger partial charge in [-0.15, -0.1) is 0 Å². The third-order valence-electron chi connectivity index (χ3n) is 5.79. The lowest BCUT2D eigenvalue weighted by Crippen LogP contribution is -2.42. The smallest absolute Gasteiger partial charge is 0.244 e. The first-order valence-corrected chi connectivity index (χ1v) is 10.0. The molecule has 4 heteroatoms. The first kappa shape index (κ1) is 19.6. The lowest BCUT2D eigenvalue weighted by molar-refractivity contribution is -0.136. The summed E-state index contributed by atoms with van der Waals surface area (Å²) in [6.45, 7) is 7.90. The number of likely N-dealkylation sites (N-methyl/N-ethyl adjacent to an activating group) is 1. The molecule has 27 heavy (non-hydrogen) atoms. The number of nitrogens with two attached hydrogens (primary N) is 1. The highest BCUT2D eigenvalue weighted by molar-refractivity contribution is 5.83. The molecule has 0 bridgehead atoms. The van der Waals surface area contributed by atoms with Crippen molar-refractivity contribution in [3.63, 3.8) is 0 Å². The van der Waals surface area contributed by atoms with Crippen LogP contribution in [0.3, 0.4) is 0 Å². The zero-order chi connectivity index (χ0) is 19.2. The number of rotatable bonds is 7. The van der Waals surface area contributed by atoms with Crippen molar-refractivity contribution >= 4 is 5.91 Å². The Morgan fingerprint density at radius 2 is 1.63 bits per heavy atom. The Labute approximate surface area is 163 Å². The van der Waals surface area contributed by atoms with Gasteiger partial charge in [0, 0.05) is 32.1 Å². The van der Waals surface area contributed by atoms with Crippen LogP contribution in [0.15, 0.2) is 60.7 Å². The molecule has 1 amide bonds. The van der Waals surface area contributed by atoms with Gasteiger partial charge >= 0.3 is 0 Å². The molecule has 0 aromatic heterocycles. The molecule has 1 unspecified atom stereocenters. The highest BCUT2D eigenvalue weighted by Crippen LogP contribution is 2.37. The fraction of sp³-hybridized carbons (Fsp3) is 0.435. The maximum Gasteiger partial charge on any atom is 0.244 e. The molecule has 0 aliphatic carbocycles. The molecule has 0 radical (unpaired) electrons. The lowest BCUT2D eigenvalue weighted by Gasteiger charge is -2.32. The van der Waals surface area contributed by atoms with Crippen LogP contribution in [0, 0.1) is 5.92 Å². The van der Waals surface area contributed by atoms with Crippen LogP contribution in [-0.4, -0.2) is 48.4 Å². The molecule has 3 rings (SSSR count). The van der Waals surface area contributed by atoms with Crippen molar-refractivity contribution in [2.75, 3.05) is 32.7 Å². The Balaban J connectivity index is 1.92. The lowest BCUT2D eigenvalue weighted by atomic mass is 9.89. The second kappa shape index (κ2) is 9.16. The van der Waals surface area contributed by atoms with Crippen molar-refractivity contribution in [3.05, 3.63) is 71.8 Å². The maximum atomic E-state index is 13.4. The molecule has 2 N–H and O–H groups in total. The molecule has 1 aliphatic rings. The summed E-state index contributed by atoms with van der Waals surface area (Å²) in [7, 11) is 0. The summed E-state index contributed by atoms with van der Waals surface area (Å²) in [5.74, 6) is 0.922. The number of carbonyl (C=O) groups is 1. The Morgan fingerprint density at radius 1 is 1.04 bits per heavy atom. The molecule has 1 saturated heterocycles. The van der Waals surface area contributed by atoms with Gasteiger partial charge in [-0.2, -0.15) is 0 Å². The van der Waals surface area contributed by atoms with Crippen molar-refractivity contribution in [2.45, 2.75) is 25.8 Å². The van der Waals surface area contributed by atoms with Crippen LogP contribution in [-0.2, 0) is 4.79 Å². The molecule has 2 aromatic rings. The topological polar surface area (TPSA) is 49.6 Å². The van der Waals surface area contributed by atoms with E-state index in [9.17, 15) is 4.79 Å². The first-order chi connectivity index (χ1) is 13.2. The minimum atomic E-state index is -0.242. The maximum absolute atomic E-state index is 13.4. The van der Waals surface area contributed by atoms with Gasteiger partial charge in [0.15, 0.2) is 0 Å². The average Bonchev–Trinajstić information content (AvgIpc) is 3.14. The SMILES string of the molecule is CCN(CC)C(=O)C(c1ccccc1)N1C[C@@H](CN)[C@H](c2ccccc2)C1. The van der Waals surface area contributed by atoms with Crippen LogP contribution in [0.2, 0.25) is 0 Å². The molecule has 1 fully saturated rings. The van der Waals surface area contributed by atoms with Gasteiger partial charge in [-0.25, -0.2) is 0 Å². The summed E-state index contributed by atoms with van der Waals surface area (Å²) >= 11 is 0. The van der Waals surface area contributed by atoms with Gasteiger partial charge in [-0.3, -0.25) is 9.69 Å². The monoisotopic (exact) mass is 365 g/mol. The third-order valence-corrected chi connectivity index (χ3v) is 5.79. The Bertz CT molecular complexity index is 715.